The van der Waals surface area contributed by atoms with Gasteiger partial charge in [-0.05, 0) is 31.5 Å². The molecule has 0 heterocycles. The summed E-state index contributed by atoms with van der Waals surface area (Å²) in [5, 5.41) is 11.6. The zero-order valence-electron chi connectivity index (χ0n) is 10.0. The minimum absolute atomic E-state index is 0.192. The topological polar surface area (TPSA) is 49.3 Å². The van der Waals surface area contributed by atoms with E-state index < -0.39 is 23.2 Å². The summed E-state index contributed by atoms with van der Waals surface area (Å²) in [5.74, 6) is -1.02. The van der Waals surface area contributed by atoms with E-state index >= 15 is 0 Å². The van der Waals surface area contributed by atoms with Crippen molar-refractivity contribution in [3.63, 3.8) is 0 Å². The van der Waals surface area contributed by atoms with E-state index in [9.17, 15) is 18.0 Å². The van der Waals surface area contributed by atoms with Gasteiger partial charge in [0.25, 0.3) is 0 Å². The van der Waals surface area contributed by atoms with Crippen LogP contribution in [0.4, 0.5) is 13.2 Å². The lowest BCUT2D eigenvalue weighted by Crippen LogP contribution is -2.46. The van der Waals surface area contributed by atoms with Gasteiger partial charge >= 0.3 is 12.1 Å². The van der Waals surface area contributed by atoms with E-state index in [0.717, 1.165) is 12.1 Å². The molecular formula is C12H14F3NO2. The van der Waals surface area contributed by atoms with Crippen LogP contribution < -0.4 is 5.32 Å². The maximum atomic E-state index is 12.3. The third-order valence-corrected chi connectivity index (χ3v) is 2.55. The molecule has 1 rings (SSSR count). The van der Waals surface area contributed by atoms with E-state index in [0.29, 0.717) is 5.56 Å². The number of rotatable bonds is 4. The molecule has 0 aliphatic heterocycles. The Balaban J connectivity index is 2.68. The molecule has 0 radical (unpaired) electrons. The average molecular weight is 261 g/mol. The molecule has 1 aromatic carbocycles. The van der Waals surface area contributed by atoms with E-state index in [1.807, 2.05) is 0 Å². The molecule has 0 atom stereocenters. The summed E-state index contributed by atoms with van der Waals surface area (Å²) >= 11 is 0. The fraction of sp³-hybridized carbons (Fsp3) is 0.417. The summed E-state index contributed by atoms with van der Waals surface area (Å²) in [4.78, 5) is 10.8. The van der Waals surface area contributed by atoms with Crippen molar-refractivity contribution in [1.82, 2.24) is 5.32 Å². The monoisotopic (exact) mass is 261 g/mol. The standard InChI is InChI=1S/C12H14F3NO2/c1-11(2,10(17)18)16-7-8-3-5-9(6-4-8)12(13,14)15/h3-6,16H,7H2,1-2H3,(H,17,18). The van der Waals surface area contributed by atoms with Crippen molar-refractivity contribution >= 4 is 5.97 Å². The number of alkyl halides is 3. The Morgan fingerprint density at radius 1 is 1.22 bits per heavy atom. The number of carboxylic acid groups (broad SMARTS) is 1. The van der Waals surface area contributed by atoms with E-state index in [4.69, 9.17) is 5.11 Å². The zero-order valence-corrected chi connectivity index (χ0v) is 10.0. The number of aliphatic carboxylic acids is 1. The lowest BCUT2D eigenvalue weighted by molar-refractivity contribution is -0.143. The fourth-order valence-corrected chi connectivity index (χ4v) is 1.21. The summed E-state index contributed by atoms with van der Waals surface area (Å²) in [5.41, 5.74) is -1.25. The molecule has 3 nitrogen and oxygen atoms in total. The normalized spacial score (nSPS) is 12.5. The van der Waals surface area contributed by atoms with Crippen LogP contribution in [0.2, 0.25) is 0 Å². The minimum atomic E-state index is -4.35. The van der Waals surface area contributed by atoms with Crippen LogP contribution >= 0.6 is 0 Å². The van der Waals surface area contributed by atoms with Gasteiger partial charge in [-0.3, -0.25) is 10.1 Å². The number of carbonyl (C=O) groups is 1. The Bertz CT molecular complexity index is 424. The molecule has 0 saturated heterocycles. The second-order valence-corrected chi connectivity index (χ2v) is 4.48. The van der Waals surface area contributed by atoms with Crippen LogP contribution in [0, 0.1) is 0 Å². The molecule has 0 saturated carbocycles. The van der Waals surface area contributed by atoms with E-state index in [1.54, 1.807) is 0 Å². The van der Waals surface area contributed by atoms with Crippen LogP contribution in [0.25, 0.3) is 0 Å². The van der Waals surface area contributed by atoms with Gasteiger partial charge in [-0.2, -0.15) is 13.2 Å². The number of hydrogen-bond acceptors (Lipinski definition) is 2. The minimum Gasteiger partial charge on any atom is -0.480 e. The van der Waals surface area contributed by atoms with Crippen LogP contribution in [-0.2, 0) is 17.5 Å². The first-order valence-electron chi connectivity index (χ1n) is 5.27. The predicted octanol–water partition coefficient (Wildman–Crippen LogP) is 2.66. The Labute approximate surface area is 103 Å². The molecule has 2 N–H and O–H groups in total. The number of halogens is 3. The molecule has 6 heteroatoms. The fourth-order valence-electron chi connectivity index (χ4n) is 1.21. The average Bonchev–Trinajstić information content (AvgIpc) is 2.25. The number of hydrogen-bond donors (Lipinski definition) is 2. The summed E-state index contributed by atoms with van der Waals surface area (Å²) in [6.07, 6.45) is -4.35. The van der Waals surface area contributed by atoms with Crippen molar-refractivity contribution in [3.8, 4) is 0 Å². The Hall–Kier alpha value is -1.56. The van der Waals surface area contributed by atoms with Gasteiger partial charge in [-0.1, -0.05) is 12.1 Å². The van der Waals surface area contributed by atoms with E-state index in [-0.39, 0.29) is 6.54 Å². The molecule has 100 valence electrons. The van der Waals surface area contributed by atoms with E-state index in [2.05, 4.69) is 5.32 Å². The first kappa shape index (κ1) is 14.5. The van der Waals surface area contributed by atoms with Crippen LogP contribution in [-0.4, -0.2) is 16.6 Å². The maximum Gasteiger partial charge on any atom is 0.416 e. The highest BCUT2D eigenvalue weighted by Crippen LogP contribution is 2.29. The molecule has 0 aliphatic rings. The zero-order chi connectivity index (χ0) is 14.0. The van der Waals surface area contributed by atoms with Crippen molar-refractivity contribution in [2.45, 2.75) is 32.1 Å². The molecule has 0 aliphatic carbocycles. The van der Waals surface area contributed by atoms with Gasteiger partial charge in [-0.15, -0.1) is 0 Å². The molecule has 0 amide bonds. The van der Waals surface area contributed by atoms with Gasteiger partial charge in [0.1, 0.15) is 5.54 Å². The molecule has 0 fully saturated rings. The van der Waals surface area contributed by atoms with E-state index in [1.165, 1.54) is 26.0 Å². The van der Waals surface area contributed by atoms with Gasteiger partial charge in [0.05, 0.1) is 5.56 Å². The Morgan fingerprint density at radius 3 is 2.11 bits per heavy atom. The second kappa shape index (κ2) is 4.97. The third kappa shape index (κ3) is 3.73. The van der Waals surface area contributed by atoms with Gasteiger partial charge < -0.3 is 5.11 Å². The maximum absolute atomic E-state index is 12.3. The smallest absolute Gasteiger partial charge is 0.416 e. The lowest BCUT2D eigenvalue weighted by Gasteiger charge is -2.21. The Kier molecular flexibility index (Phi) is 4.01. The quantitative estimate of drug-likeness (QED) is 0.876. The lowest BCUT2D eigenvalue weighted by atomic mass is 10.1. The first-order chi connectivity index (χ1) is 8.13. The summed E-state index contributed by atoms with van der Waals surface area (Å²) in [7, 11) is 0. The van der Waals surface area contributed by atoms with Crippen molar-refractivity contribution in [1.29, 1.82) is 0 Å². The Morgan fingerprint density at radius 2 is 1.72 bits per heavy atom. The SMILES string of the molecule is CC(C)(NCc1ccc(C(F)(F)F)cc1)C(=O)O. The highest BCUT2D eigenvalue weighted by molar-refractivity contribution is 5.77. The van der Waals surface area contributed by atoms with Crippen LogP contribution in [0.1, 0.15) is 25.0 Å². The highest BCUT2D eigenvalue weighted by Gasteiger charge is 2.30. The first-order valence-corrected chi connectivity index (χ1v) is 5.27. The highest BCUT2D eigenvalue weighted by atomic mass is 19.4. The van der Waals surface area contributed by atoms with Crippen molar-refractivity contribution in [2.24, 2.45) is 0 Å². The third-order valence-electron chi connectivity index (χ3n) is 2.55. The van der Waals surface area contributed by atoms with Crippen LogP contribution in [0.3, 0.4) is 0 Å². The molecular weight excluding hydrogens is 247 g/mol. The van der Waals surface area contributed by atoms with Gasteiger partial charge in [0.2, 0.25) is 0 Å². The number of benzene rings is 1. The largest absolute Gasteiger partial charge is 0.480 e. The molecule has 0 unspecified atom stereocenters. The van der Waals surface area contributed by atoms with Crippen LogP contribution in [0.15, 0.2) is 24.3 Å². The number of nitrogens with one attached hydrogen (secondary N) is 1. The molecule has 0 bridgehead atoms. The van der Waals surface area contributed by atoms with Crippen molar-refractivity contribution < 1.29 is 23.1 Å². The van der Waals surface area contributed by atoms with Gasteiger partial charge in [0.15, 0.2) is 0 Å². The molecule has 18 heavy (non-hydrogen) atoms. The summed E-state index contributed by atoms with van der Waals surface area (Å²) in [6.45, 7) is 3.16. The van der Waals surface area contributed by atoms with Crippen LogP contribution in [0.5, 0.6) is 0 Å². The molecule has 0 spiro atoms. The number of carboxylic acids is 1. The predicted molar refractivity (Wildman–Crippen MR) is 60.0 cm³/mol. The molecule has 0 aromatic heterocycles. The molecule has 1 aromatic rings. The van der Waals surface area contributed by atoms with Crippen molar-refractivity contribution in [2.75, 3.05) is 0 Å². The second-order valence-electron chi connectivity index (χ2n) is 4.48. The van der Waals surface area contributed by atoms with Gasteiger partial charge in [0, 0.05) is 6.54 Å². The van der Waals surface area contributed by atoms with Gasteiger partial charge in [-0.25, -0.2) is 0 Å². The van der Waals surface area contributed by atoms with Crippen molar-refractivity contribution in [3.05, 3.63) is 35.4 Å². The summed E-state index contributed by atoms with van der Waals surface area (Å²) in [6, 6.07) is 4.61. The summed E-state index contributed by atoms with van der Waals surface area (Å²) < 4.78 is 36.9.